The summed E-state index contributed by atoms with van der Waals surface area (Å²) in [6, 6.07) is 6.50. The fourth-order valence-electron chi connectivity index (χ4n) is 1.83. The Morgan fingerprint density at radius 3 is 2.81 bits per heavy atom. The fraction of sp³-hybridized carbons (Fsp3) is 0. The van der Waals surface area contributed by atoms with Gasteiger partial charge in [-0.1, -0.05) is 11.6 Å². The lowest BCUT2D eigenvalue weighted by Crippen LogP contribution is -2.00. The lowest BCUT2D eigenvalue weighted by atomic mass is 10.2. The minimum absolute atomic E-state index is 0.0170. The van der Waals surface area contributed by atoms with Crippen LogP contribution in [0.3, 0.4) is 0 Å². The maximum atomic E-state index is 11.1. The van der Waals surface area contributed by atoms with Crippen LogP contribution in [0.1, 0.15) is 10.4 Å². The van der Waals surface area contributed by atoms with Gasteiger partial charge in [0.1, 0.15) is 10.6 Å². The highest BCUT2D eigenvalue weighted by Gasteiger charge is 2.12. The van der Waals surface area contributed by atoms with Crippen molar-refractivity contribution in [2.45, 2.75) is 0 Å². The van der Waals surface area contributed by atoms with Crippen LogP contribution < -0.4 is 5.32 Å². The van der Waals surface area contributed by atoms with Gasteiger partial charge in [0.05, 0.1) is 16.0 Å². The first-order valence-electron chi connectivity index (χ1n) is 5.75. The van der Waals surface area contributed by atoms with Crippen molar-refractivity contribution in [1.82, 2.24) is 9.97 Å². The van der Waals surface area contributed by atoms with Crippen LogP contribution in [-0.4, -0.2) is 21.0 Å². The number of carboxylic acids is 1. The Balaban J connectivity index is 2.04. The summed E-state index contributed by atoms with van der Waals surface area (Å²) in [6.45, 7) is 0. The topological polar surface area (TPSA) is 75.1 Å². The van der Waals surface area contributed by atoms with E-state index in [-0.39, 0.29) is 15.9 Å². The molecule has 2 heterocycles. The minimum Gasteiger partial charge on any atom is -0.478 e. The molecule has 0 bridgehead atoms. The second kappa shape index (κ2) is 5.48. The van der Waals surface area contributed by atoms with E-state index < -0.39 is 5.97 Å². The van der Waals surface area contributed by atoms with Gasteiger partial charge in [0.2, 0.25) is 5.28 Å². The van der Waals surface area contributed by atoms with Crippen LogP contribution in [-0.2, 0) is 0 Å². The number of hydrogen-bond donors (Lipinski definition) is 2. The van der Waals surface area contributed by atoms with Crippen molar-refractivity contribution in [3.8, 4) is 0 Å². The minimum atomic E-state index is -1.09. The van der Waals surface area contributed by atoms with Crippen molar-refractivity contribution in [3.63, 3.8) is 0 Å². The summed E-state index contributed by atoms with van der Waals surface area (Å²) in [5.74, 6) is -0.574. The Bertz CT molecular complexity index is 851. The molecule has 21 heavy (non-hydrogen) atoms. The van der Waals surface area contributed by atoms with Gasteiger partial charge in [-0.05, 0) is 41.2 Å². The van der Waals surface area contributed by atoms with Crippen molar-refractivity contribution < 1.29 is 9.90 Å². The Morgan fingerprint density at radius 1 is 1.24 bits per heavy atom. The van der Waals surface area contributed by atoms with Crippen molar-refractivity contribution in [1.29, 1.82) is 0 Å². The standard InChI is InChI=1S/C13H7Cl2N3O2S/c14-9-2-1-6(5-8(9)12(19)20)16-10-7-3-4-21-11(7)18-13(15)17-10/h1-5H,(H,19,20)(H,16,17,18). The van der Waals surface area contributed by atoms with E-state index in [1.54, 1.807) is 6.07 Å². The van der Waals surface area contributed by atoms with E-state index in [0.717, 1.165) is 10.2 Å². The molecule has 8 heteroatoms. The van der Waals surface area contributed by atoms with Gasteiger partial charge in [-0.25, -0.2) is 9.78 Å². The van der Waals surface area contributed by atoms with E-state index >= 15 is 0 Å². The smallest absolute Gasteiger partial charge is 0.337 e. The highest BCUT2D eigenvalue weighted by Crippen LogP contribution is 2.29. The number of nitrogens with one attached hydrogen (secondary N) is 1. The SMILES string of the molecule is O=C(O)c1cc(Nc2nc(Cl)nc3sccc23)ccc1Cl. The van der Waals surface area contributed by atoms with Crippen LogP contribution in [0.2, 0.25) is 10.3 Å². The molecule has 3 rings (SSSR count). The van der Waals surface area contributed by atoms with Crippen LogP contribution in [0, 0.1) is 0 Å². The molecule has 0 radical (unpaired) electrons. The van der Waals surface area contributed by atoms with Crippen molar-refractivity contribution in [2.75, 3.05) is 5.32 Å². The summed E-state index contributed by atoms with van der Waals surface area (Å²) in [5.41, 5.74) is 0.572. The Kier molecular flexibility index (Phi) is 3.67. The molecule has 0 aliphatic carbocycles. The summed E-state index contributed by atoms with van der Waals surface area (Å²) in [6.07, 6.45) is 0. The maximum Gasteiger partial charge on any atom is 0.337 e. The number of aromatic carboxylic acids is 1. The van der Waals surface area contributed by atoms with E-state index in [9.17, 15) is 4.79 Å². The average molecular weight is 340 g/mol. The first kappa shape index (κ1) is 14.1. The van der Waals surface area contributed by atoms with Crippen molar-refractivity contribution >= 4 is 62.2 Å². The zero-order valence-electron chi connectivity index (χ0n) is 10.3. The highest BCUT2D eigenvalue weighted by atomic mass is 35.5. The fourth-order valence-corrected chi connectivity index (χ4v) is 3.01. The van der Waals surface area contributed by atoms with E-state index in [2.05, 4.69) is 15.3 Å². The summed E-state index contributed by atoms with van der Waals surface area (Å²) < 4.78 is 0. The maximum absolute atomic E-state index is 11.1. The largest absolute Gasteiger partial charge is 0.478 e. The molecule has 0 saturated carbocycles. The number of thiophene rings is 1. The molecule has 0 aliphatic rings. The van der Waals surface area contributed by atoms with E-state index in [1.807, 2.05) is 11.4 Å². The Labute approximate surface area is 133 Å². The molecule has 2 N–H and O–H groups in total. The molecule has 106 valence electrons. The van der Waals surface area contributed by atoms with Gasteiger partial charge < -0.3 is 10.4 Å². The molecule has 0 fully saturated rings. The zero-order valence-corrected chi connectivity index (χ0v) is 12.6. The lowest BCUT2D eigenvalue weighted by molar-refractivity contribution is 0.0697. The van der Waals surface area contributed by atoms with Crippen LogP contribution >= 0.6 is 34.5 Å². The summed E-state index contributed by atoms with van der Waals surface area (Å²) in [5, 5.41) is 15.1. The molecule has 0 amide bonds. The molecular weight excluding hydrogens is 333 g/mol. The van der Waals surface area contributed by atoms with Gasteiger partial charge in [0.25, 0.3) is 0 Å². The predicted molar refractivity (Wildman–Crippen MR) is 84.1 cm³/mol. The van der Waals surface area contributed by atoms with E-state index in [4.69, 9.17) is 28.3 Å². The number of halogens is 2. The van der Waals surface area contributed by atoms with Crippen molar-refractivity contribution in [3.05, 3.63) is 45.5 Å². The monoisotopic (exact) mass is 339 g/mol. The lowest BCUT2D eigenvalue weighted by Gasteiger charge is -2.08. The molecule has 2 aromatic heterocycles. The summed E-state index contributed by atoms with van der Waals surface area (Å²) >= 11 is 13.2. The average Bonchev–Trinajstić information content (AvgIpc) is 2.88. The third-order valence-corrected chi connectivity index (χ3v) is 4.06. The third kappa shape index (κ3) is 2.78. The second-order valence-corrected chi connectivity index (χ2v) is 5.75. The normalized spacial score (nSPS) is 10.8. The molecule has 5 nitrogen and oxygen atoms in total. The number of carboxylic acid groups (broad SMARTS) is 1. The van der Waals surface area contributed by atoms with E-state index in [1.165, 1.54) is 23.5 Å². The highest BCUT2D eigenvalue weighted by molar-refractivity contribution is 7.16. The van der Waals surface area contributed by atoms with Gasteiger partial charge >= 0.3 is 5.97 Å². The first-order valence-corrected chi connectivity index (χ1v) is 7.39. The predicted octanol–water partition coefficient (Wildman–Crippen LogP) is 4.44. The third-order valence-electron chi connectivity index (χ3n) is 2.76. The zero-order chi connectivity index (χ0) is 15.0. The van der Waals surface area contributed by atoms with E-state index in [0.29, 0.717) is 11.5 Å². The van der Waals surface area contributed by atoms with Crippen LogP contribution in [0.25, 0.3) is 10.2 Å². The molecule has 0 spiro atoms. The number of nitrogens with zero attached hydrogens (tertiary/aromatic N) is 2. The van der Waals surface area contributed by atoms with Crippen LogP contribution in [0.5, 0.6) is 0 Å². The molecule has 0 unspecified atom stereocenters. The van der Waals surface area contributed by atoms with Gasteiger partial charge in [0, 0.05) is 5.69 Å². The number of carbonyl (C=O) groups is 1. The first-order chi connectivity index (χ1) is 10.0. The molecular formula is C13H7Cl2N3O2S. The molecule has 0 aliphatic heterocycles. The number of benzene rings is 1. The second-order valence-electron chi connectivity index (χ2n) is 4.11. The number of fused-ring (bicyclic) bond motifs is 1. The number of aromatic nitrogens is 2. The molecule has 3 aromatic rings. The quantitative estimate of drug-likeness (QED) is 0.690. The molecule has 0 atom stereocenters. The summed E-state index contributed by atoms with van der Waals surface area (Å²) in [4.78, 5) is 20.1. The van der Waals surface area contributed by atoms with Crippen LogP contribution in [0.4, 0.5) is 11.5 Å². The van der Waals surface area contributed by atoms with Crippen molar-refractivity contribution in [2.24, 2.45) is 0 Å². The molecule has 0 saturated heterocycles. The Morgan fingerprint density at radius 2 is 2.05 bits per heavy atom. The number of hydrogen-bond acceptors (Lipinski definition) is 5. The van der Waals surface area contributed by atoms with Gasteiger partial charge in [-0.15, -0.1) is 11.3 Å². The molecule has 1 aromatic carbocycles. The van der Waals surface area contributed by atoms with Crippen LogP contribution in [0.15, 0.2) is 29.6 Å². The summed E-state index contributed by atoms with van der Waals surface area (Å²) in [7, 11) is 0. The van der Waals surface area contributed by atoms with Gasteiger partial charge in [-0.3, -0.25) is 0 Å². The number of anilines is 2. The number of rotatable bonds is 3. The van der Waals surface area contributed by atoms with Gasteiger partial charge in [0.15, 0.2) is 0 Å². The van der Waals surface area contributed by atoms with Gasteiger partial charge in [-0.2, -0.15) is 4.98 Å². The Hall–Kier alpha value is -1.89.